The number of likely N-dealkylation sites (tertiary alicyclic amines) is 1. The van der Waals surface area contributed by atoms with E-state index in [1.165, 1.54) is 19.5 Å². The molecule has 0 spiro atoms. The average Bonchev–Trinajstić information content (AvgIpc) is 2.95. The third-order valence-electron chi connectivity index (χ3n) is 6.67. The molecule has 202 valence electrons. The van der Waals surface area contributed by atoms with Crippen LogP contribution >= 0.6 is 0 Å². The maximum Gasteiger partial charge on any atom is 0.255 e. The SMILES string of the molecule is C=CC(=O)N1CCCC(Nc2ncnc(N)c2C(=N)c2ccc(CNC(=O)c3cc(C)ccc3OC)cc2)C1. The molecule has 5 N–H and O–H groups in total. The summed E-state index contributed by atoms with van der Waals surface area (Å²) in [4.78, 5) is 35.0. The fourth-order valence-electron chi connectivity index (χ4n) is 4.58. The van der Waals surface area contributed by atoms with Gasteiger partial charge in [0.05, 0.1) is 23.9 Å². The molecular weight excluding hydrogens is 494 g/mol. The zero-order valence-corrected chi connectivity index (χ0v) is 22.2. The van der Waals surface area contributed by atoms with Gasteiger partial charge >= 0.3 is 0 Å². The molecular formula is C29H33N7O3. The molecule has 0 radical (unpaired) electrons. The van der Waals surface area contributed by atoms with E-state index in [1.54, 1.807) is 29.2 Å². The van der Waals surface area contributed by atoms with Gasteiger partial charge in [-0.3, -0.25) is 15.0 Å². The van der Waals surface area contributed by atoms with Crippen LogP contribution in [0.15, 0.2) is 61.4 Å². The summed E-state index contributed by atoms with van der Waals surface area (Å²) in [5.74, 6) is 0.825. The van der Waals surface area contributed by atoms with Gasteiger partial charge in [0.2, 0.25) is 5.91 Å². The number of aromatic nitrogens is 2. The van der Waals surface area contributed by atoms with Gasteiger partial charge in [0.1, 0.15) is 23.7 Å². The first-order chi connectivity index (χ1) is 18.8. The van der Waals surface area contributed by atoms with E-state index < -0.39 is 0 Å². The summed E-state index contributed by atoms with van der Waals surface area (Å²) in [6, 6.07) is 12.7. The van der Waals surface area contributed by atoms with Crippen molar-refractivity contribution >= 4 is 29.2 Å². The molecule has 1 aromatic heterocycles. The highest BCUT2D eigenvalue weighted by Gasteiger charge is 2.25. The summed E-state index contributed by atoms with van der Waals surface area (Å²) in [6.45, 7) is 7.00. The van der Waals surface area contributed by atoms with Crippen LogP contribution in [0.3, 0.4) is 0 Å². The second kappa shape index (κ2) is 12.2. The molecule has 1 fully saturated rings. The molecule has 1 aliphatic rings. The number of anilines is 2. The van der Waals surface area contributed by atoms with Crippen molar-refractivity contribution in [2.75, 3.05) is 31.2 Å². The van der Waals surface area contributed by atoms with E-state index in [2.05, 4.69) is 27.2 Å². The summed E-state index contributed by atoms with van der Waals surface area (Å²) < 4.78 is 5.31. The third-order valence-corrected chi connectivity index (χ3v) is 6.67. The number of carbonyl (C=O) groups excluding carboxylic acids is 2. The molecule has 0 bridgehead atoms. The van der Waals surface area contributed by atoms with Crippen LogP contribution in [0.1, 0.15) is 45.5 Å². The number of nitrogen functional groups attached to an aromatic ring is 1. The Balaban J connectivity index is 1.45. The Hall–Kier alpha value is -4.73. The Morgan fingerprint density at radius 3 is 2.72 bits per heavy atom. The number of benzene rings is 2. The van der Waals surface area contributed by atoms with Crippen LogP contribution in [0.2, 0.25) is 0 Å². The summed E-state index contributed by atoms with van der Waals surface area (Å²) in [7, 11) is 1.54. The molecule has 3 aromatic rings. The lowest BCUT2D eigenvalue weighted by Crippen LogP contribution is -2.44. The highest BCUT2D eigenvalue weighted by molar-refractivity contribution is 6.16. The highest BCUT2D eigenvalue weighted by atomic mass is 16.5. The molecule has 2 heterocycles. The Morgan fingerprint density at radius 1 is 1.23 bits per heavy atom. The van der Waals surface area contributed by atoms with E-state index in [0.29, 0.717) is 47.9 Å². The molecule has 2 amide bonds. The predicted octanol–water partition coefficient (Wildman–Crippen LogP) is 3.31. The van der Waals surface area contributed by atoms with Crippen LogP contribution in [0.4, 0.5) is 11.6 Å². The fraction of sp³-hybridized carbons (Fsp3) is 0.276. The molecule has 1 aliphatic heterocycles. The lowest BCUT2D eigenvalue weighted by molar-refractivity contribution is -0.127. The smallest absolute Gasteiger partial charge is 0.255 e. The predicted molar refractivity (Wildman–Crippen MR) is 151 cm³/mol. The molecule has 10 heteroatoms. The zero-order valence-electron chi connectivity index (χ0n) is 22.2. The Bertz CT molecular complexity index is 1390. The molecule has 39 heavy (non-hydrogen) atoms. The van der Waals surface area contributed by atoms with E-state index in [1.807, 2.05) is 25.1 Å². The fourth-order valence-corrected chi connectivity index (χ4v) is 4.58. The number of nitrogens with zero attached hydrogens (tertiary/aromatic N) is 3. The zero-order chi connectivity index (χ0) is 27.9. The minimum atomic E-state index is -0.228. The lowest BCUT2D eigenvalue weighted by Gasteiger charge is -2.33. The van der Waals surface area contributed by atoms with Gasteiger partial charge in [-0.05, 0) is 43.5 Å². The normalized spacial score (nSPS) is 14.8. The van der Waals surface area contributed by atoms with Crippen LogP contribution in [-0.4, -0.2) is 58.6 Å². The molecule has 1 unspecified atom stereocenters. The van der Waals surface area contributed by atoms with E-state index in [9.17, 15) is 9.59 Å². The van der Waals surface area contributed by atoms with Gasteiger partial charge in [-0.25, -0.2) is 9.97 Å². The first-order valence-electron chi connectivity index (χ1n) is 12.7. The number of hydrogen-bond donors (Lipinski definition) is 4. The van der Waals surface area contributed by atoms with Crippen LogP contribution in [0.5, 0.6) is 5.75 Å². The number of ether oxygens (including phenoxy) is 1. The maximum atomic E-state index is 12.7. The Kier molecular flexibility index (Phi) is 8.55. The van der Waals surface area contributed by atoms with Crippen molar-refractivity contribution in [2.45, 2.75) is 32.4 Å². The van der Waals surface area contributed by atoms with Gasteiger partial charge in [0.25, 0.3) is 5.91 Å². The number of carbonyl (C=O) groups is 2. The number of rotatable bonds is 9. The monoisotopic (exact) mass is 527 g/mol. The molecule has 4 rings (SSSR count). The van der Waals surface area contributed by atoms with Crippen molar-refractivity contribution in [1.29, 1.82) is 5.41 Å². The van der Waals surface area contributed by atoms with Crippen molar-refractivity contribution in [3.8, 4) is 5.75 Å². The molecule has 10 nitrogen and oxygen atoms in total. The van der Waals surface area contributed by atoms with Gasteiger partial charge in [0, 0.05) is 31.2 Å². The van der Waals surface area contributed by atoms with Crippen molar-refractivity contribution in [3.63, 3.8) is 0 Å². The van der Waals surface area contributed by atoms with Crippen LogP contribution in [0.25, 0.3) is 0 Å². The first kappa shape index (κ1) is 27.3. The van der Waals surface area contributed by atoms with E-state index in [0.717, 1.165) is 24.0 Å². The van der Waals surface area contributed by atoms with Crippen molar-refractivity contribution < 1.29 is 14.3 Å². The summed E-state index contributed by atoms with van der Waals surface area (Å²) in [6.07, 6.45) is 4.38. The van der Waals surface area contributed by atoms with E-state index in [4.69, 9.17) is 15.9 Å². The standard InChI is InChI=1S/C29H33N7O3/c1-4-24(37)36-13-5-6-21(16-36)35-28-25(27(31)33-17-34-28)26(30)20-10-8-19(9-11-20)15-32-29(38)22-14-18(2)7-12-23(22)39-3/h4,7-12,14,17,21,30H,1,5-6,13,15-16H2,2-3H3,(H,32,38)(H3,31,33,34,35). The van der Waals surface area contributed by atoms with Gasteiger partial charge in [0.15, 0.2) is 0 Å². The number of hydrogen-bond acceptors (Lipinski definition) is 8. The summed E-state index contributed by atoms with van der Waals surface area (Å²) in [5, 5.41) is 15.1. The number of amides is 2. The maximum absolute atomic E-state index is 12.7. The highest BCUT2D eigenvalue weighted by Crippen LogP contribution is 2.25. The number of nitrogens with two attached hydrogens (primary N) is 1. The number of piperidine rings is 1. The number of aryl methyl sites for hydroxylation is 1. The van der Waals surface area contributed by atoms with Crippen molar-refractivity contribution in [2.24, 2.45) is 0 Å². The van der Waals surface area contributed by atoms with Gasteiger partial charge in [-0.2, -0.15) is 0 Å². The van der Waals surface area contributed by atoms with Gasteiger partial charge in [-0.1, -0.05) is 42.5 Å². The number of nitrogens with one attached hydrogen (secondary N) is 3. The Labute approximate surface area is 227 Å². The summed E-state index contributed by atoms with van der Waals surface area (Å²) in [5.41, 5.74) is 9.71. The van der Waals surface area contributed by atoms with Crippen LogP contribution in [-0.2, 0) is 11.3 Å². The van der Waals surface area contributed by atoms with Crippen molar-refractivity contribution in [3.05, 3.63) is 89.3 Å². The minimum Gasteiger partial charge on any atom is -0.496 e. The topological polar surface area (TPSA) is 146 Å². The third kappa shape index (κ3) is 6.40. The van der Waals surface area contributed by atoms with E-state index in [-0.39, 0.29) is 29.4 Å². The summed E-state index contributed by atoms with van der Waals surface area (Å²) >= 11 is 0. The van der Waals surface area contributed by atoms with Crippen LogP contribution in [0, 0.1) is 12.3 Å². The largest absolute Gasteiger partial charge is 0.496 e. The second-order valence-electron chi connectivity index (χ2n) is 9.41. The molecule has 2 aromatic carbocycles. The molecule has 1 atom stereocenters. The van der Waals surface area contributed by atoms with Crippen molar-refractivity contribution in [1.82, 2.24) is 20.2 Å². The average molecular weight is 528 g/mol. The Morgan fingerprint density at radius 2 is 2.00 bits per heavy atom. The van der Waals surface area contributed by atoms with Gasteiger partial charge in [-0.15, -0.1) is 0 Å². The number of methoxy groups -OCH3 is 1. The van der Waals surface area contributed by atoms with Crippen LogP contribution < -0.4 is 21.1 Å². The first-order valence-corrected chi connectivity index (χ1v) is 12.7. The molecule has 0 aliphatic carbocycles. The molecule has 0 saturated carbocycles. The second-order valence-corrected chi connectivity index (χ2v) is 9.41. The lowest BCUT2D eigenvalue weighted by atomic mass is 10.0. The molecule has 1 saturated heterocycles. The quantitative estimate of drug-likeness (QED) is 0.247. The van der Waals surface area contributed by atoms with E-state index >= 15 is 0 Å². The van der Waals surface area contributed by atoms with Gasteiger partial charge < -0.3 is 26.0 Å². The minimum absolute atomic E-state index is 0.0403.